The van der Waals surface area contributed by atoms with Gasteiger partial charge >= 0.3 is 0 Å². The highest BCUT2D eigenvalue weighted by Gasteiger charge is 2.05. The van der Waals surface area contributed by atoms with Crippen LogP contribution in [0.4, 0.5) is 0 Å². The molecular formula is C12H13NO. The Morgan fingerprint density at radius 2 is 1.93 bits per heavy atom. The molecule has 0 radical (unpaired) electrons. The minimum absolute atomic E-state index is 0.135. The first-order chi connectivity index (χ1) is 6.77. The summed E-state index contributed by atoms with van der Waals surface area (Å²) in [6.07, 6.45) is 2.79. The molecule has 1 rings (SSSR count). The second-order valence-corrected chi connectivity index (χ2v) is 2.84. The lowest BCUT2D eigenvalue weighted by Crippen LogP contribution is -2.22. The quantitative estimate of drug-likeness (QED) is 0.662. The Bertz CT molecular complexity index is 329. The average molecular weight is 187 g/mol. The van der Waals surface area contributed by atoms with Gasteiger partial charge in [0.1, 0.15) is 0 Å². The van der Waals surface area contributed by atoms with Gasteiger partial charge in [-0.05, 0) is 11.6 Å². The molecular weight excluding hydrogens is 174 g/mol. The van der Waals surface area contributed by atoms with Gasteiger partial charge in [-0.3, -0.25) is 4.79 Å². The average Bonchev–Trinajstić information content (AvgIpc) is 2.26. The van der Waals surface area contributed by atoms with Crippen molar-refractivity contribution in [1.29, 1.82) is 0 Å². The van der Waals surface area contributed by atoms with E-state index >= 15 is 0 Å². The van der Waals surface area contributed by atoms with E-state index in [1.54, 1.807) is 0 Å². The third kappa shape index (κ3) is 2.59. The molecule has 14 heavy (non-hydrogen) atoms. The van der Waals surface area contributed by atoms with E-state index < -0.39 is 0 Å². The summed E-state index contributed by atoms with van der Waals surface area (Å²) in [5, 5.41) is 0. The maximum atomic E-state index is 11.3. The Balaban J connectivity index is 2.71. The summed E-state index contributed by atoms with van der Waals surface area (Å²) in [6.45, 7) is 7.55. The SMILES string of the molecule is C=CC(=O)N(C=C)Cc1ccccc1. The maximum absolute atomic E-state index is 11.3. The van der Waals surface area contributed by atoms with Crippen LogP contribution in [-0.4, -0.2) is 10.8 Å². The molecule has 2 nitrogen and oxygen atoms in total. The Hall–Kier alpha value is -1.83. The molecule has 0 aliphatic rings. The fourth-order valence-corrected chi connectivity index (χ4v) is 1.13. The van der Waals surface area contributed by atoms with Gasteiger partial charge in [0.25, 0.3) is 0 Å². The first kappa shape index (κ1) is 10.3. The standard InChI is InChI=1S/C12H13NO/c1-3-12(14)13(4-2)10-11-8-6-5-7-9-11/h3-9H,1-2,10H2. The predicted octanol–water partition coefficient (Wildman–Crippen LogP) is 2.34. The van der Waals surface area contributed by atoms with Crippen molar-refractivity contribution in [2.24, 2.45) is 0 Å². The topological polar surface area (TPSA) is 20.3 Å². The third-order valence-electron chi connectivity index (χ3n) is 1.87. The molecule has 1 amide bonds. The summed E-state index contributed by atoms with van der Waals surface area (Å²) in [6, 6.07) is 9.75. The lowest BCUT2D eigenvalue weighted by Gasteiger charge is -2.15. The first-order valence-electron chi connectivity index (χ1n) is 4.37. The number of nitrogens with zero attached hydrogens (tertiary/aromatic N) is 1. The summed E-state index contributed by atoms with van der Waals surface area (Å²) in [4.78, 5) is 12.8. The van der Waals surface area contributed by atoms with Crippen LogP contribution in [0.3, 0.4) is 0 Å². The molecule has 0 heterocycles. The monoisotopic (exact) mass is 187 g/mol. The molecule has 0 atom stereocenters. The van der Waals surface area contributed by atoms with Crippen molar-refractivity contribution in [3.8, 4) is 0 Å². The summed E-state index contributed by atoms with van der Waals surface area (Å²) >= 11 is 0. The van der Waals surface area contributed by atoms with E-state index in [2.05, 4.69) is 13.2 Å². The van der Waals surface area contributed by atoms with Crippen LogP contribution >= 0.6 is 0 Å². The van der Waals surface area contributed by atoms with E-state index in [9.17, 15) is 4.79 Å². The largest absolute Gasteiger partial charge is 0.312 e. The minimum atomic E-state index is -0.135. The maximum Gasteiger partial charge on any atom is 0.250 e. The molecule has 0 aliphatic heterocycles. The number of amides is 1. The number of hydrogen-bond acceptors (Lipinski definition) is 1. The highest BCUT2D eigenvalue weighted by atomic mass is 16.2. The van der Waals surface area contributed by atoms with Crippen LogP contribution < -0.4 is 0 Å². The van der Waals surface area contributed by atoms with Crippen LogP contribution in [-0.2, 0) is 11.3 Å². The highest BCUT2D eigenvalue weighted by molar-refractivity contribution is 5.87. The molecule has 0 aromatic heterocycles. The molecule has 0 aliphatic carbocycles. The molecule has 0 saturated carbocycles. The first-order valence-corrected chi connectivity index (χ1v) is 4.37. The van der Waals surface area contributed by atoms with Crippen molar-refractivity contribution in [1.82, 2.24) is 4.90 Å². The van der Waals surface area contributed by atoms with E-state index in [1.807, 2.05) is 30.3 Å². The second-order valence-electron chi connectivity index (χ2n) is 2.84. The van der Waals surface area contributed by atoms with Crippen LogP contribution in [0.1, 0.15) is 5.56 Å². The Kier molecular flexibility index (Phi) is 3.68. The zero-order chi connectivity index (χ0) is 10.4. The number of hydrogen-bond donors (Lipinski definition) is 0. The van der Waals surface area contributed by atoms with Crippen molar-refractivity contribution < 1.29 is 4.79 Å². The van der Waals surface area contributed by atoms with E-state index in [0.717, 1.165) is 5.56 Å². The van der Waals surface area contributed by atoms with Crippen LogP contribution in [0.2, 0.25) is 0 Å². The van der Waals surface area contributed by atoms with Crippen molar-refractivity contribution in [2.45, 2.75) is 6.54 Å². The second kappa shape index (κ2) is 5.02. The van der Waals surface area contributed by atoms with Crippen molar-refractivity contribution in [3.63, 3.8) is 0 Å². The lowest BCUT2D eigenvalue weighted by molar-refractivity contribution is -0.124. The molecule has 0 N–H and O–H groups in total. The Morgan fingerprint density at radius 1 is 1.29 bits per heavy atom. The summed E-state index contributed by atoms with van der Waals surface area (Å²) in [7, 11) is 0. The zero-order valence-corrected chi connectivity index (χ0v) is 8.02. The van der Waals surface area contributed by atoms with Crippen molar-refractivity contribution >= 4 is 5.91 Å². The van der Waals surface area contributed by atoms with Gasteiger partial charge in [0, 0.05) is 6.20 Å². The Morgan fingerprint density at radius 3 is 2.43 bits per heavy atom. The number of carbonyl (C=O) groups is 1. The van der Waals surface area contributed by atoms with Gasteiger partial charge in [0.15, 0.2) is 0 Å². The molecule has 0 spiro atoms. The van der Waals surface area contributed by atoms with Crippen LogP contribution in [0.15, 0.2) is 55.8 Å². The van der Waals surface area contributed by atoms with E-state index in [4.69, 9.17) is 0 Å². The van der Waals surface area contributed by atoms with Crippen molar-refractivity contribution in [3.05, 3.63) is 61.3 Å². The van der Waals surface area contributed by atoms with E-state index in [0.29, 0.717) is 6.54 Å². The van der Waals surface area contributed by atoms with Gasteiger partial charge in [-0.1, -0.05) is 43.5 Å². The van der Waals surface area contributed by atoms with Gasteiger partial charge in [-0.2, -0.15) is 0 Å². The van der Waals surface area contributed by atoms with Crippen LogP contribution in [0.25, 0.3) is 0 Å². The van der Waals surface area contributed by atoms with Gasteiger partial charge in [0.05, 0.1) is 6.54 Å². The van der Waals surface area contributed by atoms with Crippen molar-refractivity contribution in [2.75, 3.05) is 0 Å². The normalized spacial score (nSPS) is 9.14. The summed E-state index contributed by atoms with van der Waals surface area (Å²) in [5.41, 5.74) is 1.07. The molecule has 2 heteroatoms. The minimum Gasteiger partial charge on any atom is -0.312 e. The molecule has 1 aromatic carbocycles. The molecule has 72 valence electrons. The third-order valence-corrected chi connectivity index (χ3v) is 1.87. The van der Waals surface area contributed by atoms with Gasteiger partial charge in [-0.15, -0.1) is 0 Å². The fourth-order valence-electron chi connectivity index (χ4n) is 1.13. The van der Waals surface area contributed by atoms with Gasteiger partial charge in [0.2, 0.25) is 5.91 Å². The van der Waals surface area contributed by atoms with Gasteiger partial charge < -0.3 is 4.90 Å². The molecule has 0 fully saturated rings. The van der Waals surface area contributed by atoms with E-state index in [1.165, 1.54) is 17.2 Å². The molecule has 0 saturated heterocycles. The smallest absolute Gasteiger partial charge is 0.250 e. The predicted molar refractivity (Wildman–Crippen MR) is 57.4 cm³/mol. The highest BCUT2D eigenvalue weighted by Crippen LogP contribution is 2.04. The number of rotatable bonds is 4. The molecule has 1 aromatic rings. The number of carbonyl (C=O) groups excluding carboxylic acids is 1. The fraction of sp³-hybridized carbons (Fsp3) is 0.0833. The summed E-state index contributed by atoms with van der Waals surface area (Å²) in [5.74, 6) is -0.135. The molecule has 0 unspecified atom stereocenters. The molecule has 0 bridgehead atoms. The lowest BCUT2D eigenvalue weighted by atomic mass is 10.2. The summed E-state index contributed by atoms with van der Waals surface area (Å²) < 4.78 is 0. The Labute approximate surface area is 84.2 Å². The van der Waals surface area contributed by atoms with E-state index in [-0.39, 0.29) is 5.91 Å². The van der Waals surface area contributed by atoms with Gasteiger partial charge in [-0.25, -0.2) is 0 Å². The number of benzene rings is 1. The zero-order valence-electron chi connectivity index (χ0n) is 8.02. The van der Waals surface area contributed by atoms with Crippen LogP contribution in [0, 0.1) is 0 Å². The van der Waals surface area contributed by atoms with Crippen LogP contribution in [0.5, 0.6) is 0 Å².